The zero-order chi connectivity index (χ0) is 13.4. The lowest BCUT2D eigenvalue weighted by Crippen LogP contribution is -2.29. The molecule has 0 spiro atoms. The van der Waals surface area contributed by atoms with Gasteiger partial charge >= 0.3 is 5.97 Å². The summed E-state index contributed by atoms with van der Waals surface area (Å²) in [6.07, 6.45) is 6.32. The van der Waals surface area contributed by atoms with E-state index >= 15 is 0 Å². The predicted octanol–water partition coefficient (Wildman–Crippen LogP) is 1.44. The van der Waals surface area contributed by atoms with Gasteiger partial charge in [0.2, 0.25) is 5.91 Å². The van der Waals surface area contributed by atoms with Gasteiger partial charge in [0.15, 0.2) is 0 Å². The van der Waals surface area contributed by atoms with Crippen molar-refractivity contribution in [3.63, 3.8) is 0 Å². The summed E-state index contributed by atoms with van der Waals surface area (Å²) in [6.45, 7) is 0.257. The van der Waals surface area contributed by atoms with Crippen molar-refractivity contribution in [1.82, 2.24) is 9.78 Å². The zero-order valence-corrected chi connectivity index (χ0v) is 10.7. The minimum atomic E-state index is -0.900. The first-order valence-corrected chi connectivity index (χ1v) is 6.73. The van der Waals surface area contributed by atoms with Crippen LogP contribution < -0.4 is 4.90 Å². The van der Waals surface area contributed by atoms with E-state index in [0.29, 0.717) is 6.04 Å². The summed E-state index contributed by atoms with van der Waals surface area (Å²) >= 11 is 0. The van der Waals surface area contributed by atoms with Crippen molar-refractivity contribution in [2.24, 2.45) is 5.92 Å². The molecule has 0 bridgehead atoms. The molecule has 1 amide bonds. The fourth-order valence-corrected chi connectivity index (χ4v) is 3.05. The van der Waals surface area contributed by atoms with Crippen molar-refractivity contribution in [2.45, 2.75) is 38.1 Å². The van der Waals surface area contributed by atoms with Crippen LogP contribution in [0.3, 0.4) is 0 Å². The third-order valence-electron chi connectivity index (χ3n) is 4.07. The summed E-state index contributed by atoms with van der Waals surface area (Å²) in [7, 11) is 0. The highest BCUT2D eigenvalue weighted by molar-refractivity contribution is 5.98. The van der Waals surface area contributed by atoms with Crippen LogP contribution >= 0.6 is 0 Å². The number of carboxylic acid groups (broad SMARTS) is 1. The molecule has 102 valence electrons. The van der Waals surface area contributed by atoms with Crippen molar-refractivity contribution in [3.05, 3.63) is 12.3 Å². The highest BCUT2D eigenvalue weighted by Gasteiger charge is 2.37. The molecule has 6 heteroatoms. The number of nitrogens with zero attached hydrogens (tertiary/aromatic N) is 3. The quantitative estimate of drug-likeness (QED) is 0.895. The van der Waals surface area contributed by atoms with E-state index in [1.807, 2.05) is 4.68 Å². The van der Waals surface area contributed by atoms with Crippen LogP contribution in [0.4, 0.5) is 5.82 Å². The van der Waals surface area contributed by atoms with Gasteiger partial charge < -0.3 is 5.11 Å². The van der Waals surface area contributed by atoms with Crippen LogP contribution in [-0.2, 0) is 9.59 Å². The van der Waals surface area contributed by atoms with Gasteiger partial charge in [-0.05, 0) is 12.8 Å². The fourth-order valence-electron chi connectivity index (χ4n) is 3.05. The van der Waals surface area contributed by atoms with Gasteiger partial charge in [-0.1, -0.05) is 12.8 Å². The number of aliphatic carboxylic acids is 1. The molecule has 1 unspecified atom stereocenters. The van der Waals surface area contributed by atoms with Gasteiger partial charge in [0, 0.05) is 19.0 Å². The lowest BCUT2D eigenvalue weighted by molar-refractivity contribution is -0.141. The van der Waals surface area contributed by atoms with Gasteiger partial charge in [0.25, 0.3) is 0 Å². The maximum absolute atomic E-state index is 12.0. The number of carbonyl (C=O) groups excluding carboxylic acids is 1. The first kappa shape index (κ1) is 12.2. The summed E-state index contributed by atoms with van der Waals surface area (Å²) in [5, 5.41) is 13.3. The van der Waals surface area contributed by atoms with Gasteiger partial charge in [0.05, 0.1) is 18.2 Å². The minimum Gasteiger partial charge on any atom is -0.481 e. The summed E-state index contributed by atoms with van der Waals surface area (Å²) in [5.74, 6) is -0.866. The molecule has 1 saturated heterocycles. The smallest absolute Gasteiger partial charge is 0.308 e. The van der Waals surface area contributed by atoms with Gasteiger partial charge in [-0.15, -0.1) is 0 Å². The Labute approximate surface area is 111 Å². The highest BCUT2D eigenvalue weighted by atomic mass is 16.4. The van der Waals surface area contributed by atoms with Gasteiger partial charge in [0.1, 0.15) is 5.82 Å². The van der Waals surface area contributed by atoms with Crippen LogP contribution in [0.1, 0.15) is 38.1 Å². The van der Waals surface area contributed by atoms with Crippen LogP contribution in [0.25, 0.3) is 0 Å². The van der Waals surface area contributed by atoms with Crippen LogP contribution in [0.2, 0.25) is 0 Å². The number of hydrogen-bond acceptors (Lipinski definition) is 3. The summed E-state index contributed by atoms with van der Waals surface area (Å²) in [5.41, 5.74) is 0. The Bertz CT molecular complexity index is 505. The molecule has 1 aliphatic heterocycles. The Hall–Kier alpha value is -1.85. The van der Waals surface area contributed by atoms with Crippen LogP contribution in [-0.4, -0.2) is 33.3 Å². The zero-order valence-electron chi connectivity index (χ0n) is 10.7. The third-order valence-corrected chi connectivity index (χ3v) is 4.07. The predicted molar refractivity (Wildman–Crippen MR) is 67.8 cm³/mol. The number of rotatable bonds is 3. The minimum absolute atomic E-state index is 0.0885. The molecule has 6 nitrogen and oxygen atoms in total. The Kier molecular flexibility index (Phi) is 3.00. The molecular formula is C13H17N3O3. The summed E-state index contributed by atoms with van der Waals surface area (Å²) in [6, 6.07) is 2.15. The highest BCUT2D eigenvalue weighted by Crippen LogP contribution is 2.34. The number of aromatic nitrogens is 2. The van der Waals surface area contributed by atoms with Crippen molar-refractivity contribution in [1.29, 1.82) is 0 Å². The average molecular weight is 263 g/mol. The van der Waals surface area contributed by atoms with E-state index in [9.17, 15) is 9.59 Å². The Morgan fingerprint density at radius 1 is 1.37 bits per heavy atom. The lowest BCUT2D eigenvalue weighted by Gasteiger charge is -2.21. The Morgan fingerprint density at radius 3 is 2.74 bits per heavy atom. The normalized spacial score (nSPS) is 24.3. The maximum atomic E-state index is 12.0. The number of carboxylic acids is 1. The second-order valence-corrected chi connectivity index (χ2v) is 5.32. The first-order chi connectivity index (χ1) is 9.16. The molecular weight excluding hydrogens is 246 g/mol. The summed E-state index contributed by atoms with van der Waals surface area (Å²) in [4.78, 5) is 24.6. The molecule has 0 radical (unpaired) electrons. The second kappa shape index (κ2) is 4.68. The standard InChI is InChI=1S/C13H17N3O3/c17-12-7-9(13(18)19)8-15(12)11-5-6-14-16(11)10-3-1-2-4-10/h5-6,9-10H,1-4,7-8H2,(H,18,19). The molecule has 1 N–H and O–H groups in total. The number of carbonyl (C=O) groups is 2. The van der Waals surface area contributed by atoms with E-state index in [1.54, 1.807) is 17.2 Å². The van der Waals surface area contributed by atoms with E-state index in [4.69, 9.17) is 5.11 Å². The van der Waals surface area contributed by atoms with Crippen molar-refractivity contribution in [3.8, 4) is 0 Å². The third kappa shape index (κ3) is 2.11. The molecule has 2 fully saturated rings. The van der Waals surface area contributed by atoms with E-state index in [1.165, 1.54) is 12.8 Å². The van der Waals surface area contributed by atoms with E-state index in [2.05, 4.69) is 5.10 Å². The first-order valence-electron chi connectivity index (χ1n) is 6.73. The molecule has 1 aromatic heterocycles. The van der Waals surface area contributed by atoms with Crippen molar-refractivity contribution in [2.75, 3.05) is 11.4 Å². The fraction of sp³-hybridized carbons (Fsp3) is 0.615. The van der Waals surface area contributed by atoms with Gasteiger partial charge in [-0.3, -0.25) is 14.5 Å². The van der Waals surface area contributed by atoms with Crippen LogP contribution in [0.15, 0.2) is 12.3 Å². The van der Waals surface area contributed by atoms with Gasteiger partial charge in [-0.2, -0.15) is 5.10 Å². The molecule has 2 aliphatic rings. The van der Waals surface area contributed by atoms with E-state index < -0.39 is 11.9 Å². The Balaban J connectivity index is 1.84. The number of amides is 1. The van der Waals surface area contributed by atoms with Crippen LogP contribution in [0, 0.1) is 5.92 Å². The largest absolute Gasteiger partial charge is 0.481 e. The molecule has 3 rings (SSSR count). The molecule has 1 aliphatic carbocycles. The van der Waals surface area contributed by atoms with E-state index in [0.717, 1.165) is 18.7 Å². The lowest BCUT2D eigenvalue weighted by atomic mass is 10.1. The van der Waals surface area contributed by atoms with E-state index in [-0.39, 0.29) is 18.9 Å². The molecule has 2 heterocycles. The van der Waals surface area contributed by atoms with Crippen LogP contribution in [0.5, 0.6) is 0 Å². The molecule has 0 aromatic carbocycles. The van der Waals surface area contributed by atoms with Gasteiger partial charge in [-0.25, -0.2) is 4.68 Å². The maximum Gasteiger partial charge on any atom is 0.308 e. The molecule has 1 aromatic rings. The topological polar surface area (TPSA) is 75.4 Å². The number of hydrogen-bond donors (Lipinski definition) is 1. The number of anilines is 1. The second-order valence-electron chi connectivity index (χ2n) is 5.32. The van der Waals surface area contributed by atoms with Crippen molar-refractivity contribution < 1.29 is 14.7 Å². The monoisotopic (exact) mass is 263 g/mol. The molecule has 19 heavy (non-hydrogen) atoms. The average Bonchev–Trinajstić information content (AvgIpc) is 3.07. The van der Waals surface area contributed by atoms with Crippen molar-refractivity contribution >= 4 is 17.7 Å². The SMILES string of the molecule is O=C(O)C1CC(=O)N(c2ccnn2C2CCCC2)C1. The molecule has 1 saturated carbocycles. The summed E-state index contributed by atoms with van der Waals surface area (Å²) < 4.78 is 1.90. The Morgan fingerprint density at radius 2 is 2.11 bits per heavy atom. The molecule has 1 atom stereocenters.